The van der Waals surface area contributed by atoms with Gasteiger partial charge >= 0.3 is 0 Å². The number of hydrogen-bond acceptors (Lipinski definition) is 2. The van der Waals surface area contributed by atoms with Gasteiger partial charge in [-0.2, -0.15) is 0 Å². The molecule has 2 heteroatoms. The fourth-order valence-electron chi connectivity index (χ4n) is 4.27. The molecule has 0 aliphatic rings. The Morgan fingerprint density at radius 1 is 0.378 bits per heavy atom. The van der Waals surface area contributed by atoms with E-state index in [-0.39, 0.29) is 0 Å². The van der Waals surface area contributed by atoms with Crippen molar-refractivity contribution in [1.29, 1.82) is 0 Å². The van der Waals surface area contributed by atoms with E-state index in [1.807, 2.05) is 48.5 Å². The van der Waals surface area contributed by atoms with E-state index in [2.05, 4.69) is 86.6 Å². The van der Waals surface area contributed by atoms with E-state index in [4.69, 9.17) is 9.47 Å². The van der Waals surface area contributed by atoms with Gasteiger partial charge in [0.25, 0.3) is 0 Å². The van der Waals surface area contributed by atoms with E-state index < -0.39 is 0 Å². The van der Waals surface area contributed by atoms with Gasteiger partial charge in [0.1, 0.15) is 23.0 Å². The first-order chi connectivity index (χ1) is 18.1. The van der Waals surface area contributed by atoms with Crippen LogP contribution in [0.3, 0.4) is 0 Å². The van der Waals surface area contributed by atoms with Gasteiger partial charge in [-0.1, -0.05) is 85.3 Å². The molecule has 0 saturated heterocycles. The third-order valence-corrected chi connectivity index (χ3v) is 6.51. The van der Waals surface area contributed by atoms with Crippen LogP contribution in [0.4, 0.5) is 0 Å². The minimum Gasteiger partial charge on any atom is -0.457 e. The molecule has 5 aromatic carbocycles. The normalized spacial score (nSPS) is 10.8. The first-order valence-corrected chi connectivity index (χ1v) is 12.9. The molecule has 0 amide bonds. The van der Waals surface area contributed by atoms with Crippen LogP contribution >= 0.6 is 0 Å². The Hall–Kier alpha value is -4.30. The molecule has 0 atom stereocenters. The molecule has 5 aromatic rings. The lowest BCUT2D eigenvalue weighted by Gasteiger charge is -2.09. The van der Waals surface area contributed by atoms with Crippen LogP contribution in [0.2, 0.25) is 0 Å². The van der Waals surface area contributed by atoms with Gasteiger partial charge in [0.05, 0.1) is 0 Å². The Labute approximate surface area is 220 Å². The maximum Gasteiger partial charge on any atom is 0.127 e. The van der Waals surface area contributed by atoms with Gasteiger partial charge in [-0.3, -0.25) is 0 Å². The Kier molecular flexibility index (Phi) is 7.66. The molecule has 2 nitrogen and oxygen atoms in total. The summed E-state index contributed by atoms with van der Waals surface area (Å²) in [6, 6.07) is 42.0. The molecule has 0 aliphatic carbocycles. The lowest BCUT2D eigenvalue weighted by atomic mass is 10.0. The van der Waals surface area contributed by atoms with Crippen LogP contribution in [0.15, 0.2) is 121 Å². The molecule has 0 saturated carbocycles. The van der Waals surface area contributed by atoms with Crippen LogP contribution in [0.1, 0.15) is 40.3 Å². The molecule has 0 radical (unpaired) electrons. The van der Waals surface area contributed by atoms with E-state index >= 15 is 0 Å². The molecule has 0 fully saturated rings. The first-order valence-electron chi connectivity index (χ1n) is 12.9. The number of rotatable bonds is 9. The highest BCUT2D eigenvalue weighted by molar-refractivity contribution is 5.39. The van der Waals surface area contributed by atoms with Gasteiger partial charge in [-0.05, 0) is 103 Å². The largest absolute Gasteiger partial charge is 0.457 e. The zero-order valence-corrected chi connectivity index (χ0v) is 21.5. The Bertz CT molecular complexity index is 1400. The second-order valence-corrected chi connectivity index (χ2v) is 9.47. The van der Waals surface area contributed by atoms with Crippen LogP contribution in [0.25, 0.3) is 0 Å². The smallest absolute Gasteiger partial charge is 0.127 e. The van der Waals surface area contributed by atoms with Crippen molar-refractivity contribution >= 4 is 0 Å². The summed E-state index contributed by atoms with van der Waals surface area (Å²) in [7, 11) is 0. The van der Waals surface area contributed by atoms with E-state index in [0.29, 0.717) is 0 Å². The SMILES string of the molecule is CCc1ccc(Cc2ccc(Oc3ccc(Cc4ccc(Oc5ccc(C)cc5)cc4)cc3)cc2)cc1. The van der Waals surface area contributed by atoms with Crippen LogP contribution in [0, 0.1) is 6.92 Å². The molecule has 5 rings (SSSR count). The van der Waals surface area contributed by atoms with Crippen LogP contribution in [-0.4, -0.2) is 0 Å². The van der Waals surface area contributed by atoms with Crippen molar-refractivity contribution in [2.75, 3.05) is 0 Å². The third kappa shape index (κ3) is 6.89. The summed E-state index contributed by atoms with van der Waals surface area (Å²) in [4.78, 5) is 0. The van der Waals surface area contributed by atoms with Gasteiger partial charge < -0.3 is 9.47 Å². The van der Waals surface area contributed by atoms with Crippen molar-refractivity contribution in [3.8, 4) is 23.0 Å². The molecular weight excluding hydrogens is 452 g/mol. The van der Waals surface area contributed by atoms with Crippen molar-refractivity contribution in [3.63, 3.8) is 0 Å². The van der Waals surface area contributed by atoms with Crippen LogP contribution in [0.5, 0.6) is 23.0 Å². The molecule has 184 valence electrons. The molecule has 0 bridgehead atoms. The van der Waals surface area contributed by atoms with E-state index in [1.54, 1.807) is 0 Å². The fourth-order valence-corrected chi connectivity index (χ4v) is 4.27. The van der Waals surface area contributed by atoms with E-state index in [9.17, 15) is 0 Å². The Morgan fingerprint density at radius 3 is 0.973 bits per heavy atom. The molecule has 0 spiro atoms. The van der Waals surface area contributed by atoms with Crippen LogP contribution < -0.4 is 9.47 Å². The average Bonchev–Trinajstić information content (AvgIpc) is 2.94. The second-order valence-electron chi connectivity index (χ2n) is 9.47. The lowest BCUT2D eigenvalue weighted by molar-refractivity contribution is 0.482. The van der Waals surface area contributed by atoms with Gasteiger partial charge in [0.15, 0.2) is 0 Å². The lowest BCUT2D eigenvalue weighted by Crippen LogP contribution is -1.91. The maximum absolute atomic E-state index is 6.08. The van der Waals surface area contributed by atoms with E-state index in [0.717, 1.165) is 42.3 Å². The van der Waals surface area contributed by atoms with Crippen molar-refractivity contribution in [3.05, 3.63) is 155 Å². The minimum atomic E-state index is 0.841. The minimum absolute atomic E-state index is 0.841. The fraction of sp³-hybridized carbons (Fsp3) is 0.143. The monoisotopic (exact) mass is 484 g/mol. The summed E-state index contributed by atoms with van der Waals surface area (Å²) in [5.74, 6) is 3.39. The average molecular weight is 485 g/mol. The molecule has 0 aromatic heterocycles. The highest BCUT2D eigenvalue weighted by Gasteiger charge is 2.03. The quantitative estimate of drug-likeness (QED) is 0.207. The molecule has 0 aliphatic heterocycles. The van der Waals surface area contributed by atoms with Gasteiger partial charge in [0, 0.05) is 0 Å². The zero-order valence-electron chi connectivity index (χ0n) is 21.5. The molecular formula is C35H32O2. The predicted molar refractivity (Wildman–Crippen MR) is 152 cm³/mol. The van der Waals surface area contributed by atoms with Crippen LogP contribution in [-0.2, 0) is 19.3 Å². The second kappa shape index (κ2) is 11.6. The van der Waals surface area contributed by atoms with Gasteiger partial charge in [-0.15, -0.1) is 0 Å². The number of benzene rings is 5. The highest BCUT2D eigenvalue weighted by atomic mass is 16.5. The van der Waals surface area contributed by atoms with Crippen molar-refractivity contribution in [2.45, 2.75) is 33.1 Å². The molecule has 0 unspecified atom stereocenters. The number of ether oxygens (including phenoxy) is 2. The standard InChI is InChI=1S/C35H32O2/c1-3-27-6-8-28(9-7-27)24-29-10-20-34(21-11-29)37-35-22-14-31(15-23-35)25-30-12-18-33(19-13-30)36-32-16-4-26(2)5-17-32/h4-23H,3,24-25H2,1-2H3. The number of hydrogen-bond donors (Lipinski definition) is 0. The first kappa shape index (κ1) is 24.4. The predicted octanol–water partition coefficient (Wildman–Crippen LogP) is 9.32. The summed E-state index contributed by atoms with van der Waals surface area (Å²) in [5.41, 5.74) is 7.69. The maximum atomic E-state index is 6.08. The van der Waals surface area contributed by atoms with Gasteiger partial charge in [0.2, 0.25) is 0 Å². The molecule has 37 heavy (non-hydrogen) atoms. The Balaban J connectivity index is 1.14. The number of aryl methyl sites for hydroxylation is 2. The van der Waals surface area contributed by atoms with Gasteiger partial charge in [-0.25, -0.2) is 0 Å². The summed E-state index contributed by atoms with van der Waals surface area (Å²) < 4.78 is 12.0. The third-order valence-electron chi connectivity index (χ3n) is 6.51. The highest BCUT2D eigenvalue weighted by Crippen LogP contribution is 2.25. The molecule has 0 heterocycles. The Morgan fingerprint density at radius 2 is 0.649 bits per heavy atom. The summed E-state index contributed by atoms with van der Waals surface area (Å²) in [6.45, 7) is 4.26. The molecule has 0 N–H and O–H groups in total. The summed E-state index contributed by atoms with van der Waals surface area (Å²) in [5, 5.41) is 0. The van der Waals surface area contributed by atoms with Crippen molar-refractivity contribution < 1.29 is 9.47 Å². The topological polar surface area (TPSA) is 18.5 Å². The van der Waals surface area contributed by atoms with Crippen molar-refractivity contribution in [2.24, 2.45) is 0 Å². The summed E-state index contributed by atoms with van der Waals surface area (Å²) >= 11 is 0. The zero-order chi connectivity index (χ0) is 25.5. The van der Waals surface area contributed by atoms with E-state index in [1.165, 1.54) is 33.4 Å². The van der Waals surface area contributed by atoms with Crippen molar-refractivity contribution in [1.82, 2.24) is 0 Å². The summed E-state index contributed by atoms with van der Waals surface area (Å²) in [6.07, 6.45) is 2.86.